The topological polar surface area (TPSA) is 40.6 Å². The molecule has 1 aliphatic rings. The molecule has 0 N–H and O–H groups in total. The minimum atomic E-state index is 0.0129. The molecule has 0 bridgehead atoms. The molecule has 4 nitrogen and oxygen atoms in total. The summed E-state index contributed by atoms with van der Waals surface area (Å²) in [6, 6.07) is 35.7. The van der Waals surface area contributed by atoms with Gasteiger partial charge in [0, 0.05) is 37.3 Å². The molecule has 1 heterocycles. The number of amides is 2. The van der Waals surface area contributed by atoms with E-state index >= 15 is 0 Å². The third-order valence-corrected chi connectivity index (χ3v) is 6.33. The van der Waals surface area contributed by atoms with Crippen molar-refractivity contribution in [1.29, 1.82) is 0 Å². The zero-order valence-electron chi connectivity index (χ0n) is 18.9. The maximum atomic E-state index is 13.0. The van der Waals surface area contributed by atoms with Crippen LogP contribution in [0, 0.1) is 0 Å². The minimum Gasteiger partial charge on any atom is -0.335 e. The Labute approximate surface area is 200 Å². The number of hydrogen-bond acceptors (Lipinski definition) is 2. The molecule has 0 spiro atoms. The number of carbonyl (C=O) groups is 2. The lowest BCUT2D eigenvalue weighted by molar-refractivity contribution is 0.0535. The van der Waals surface area contributed by atoms with Crippen molar-refractivity contribution in [3.05, 3.63) is 120 Å². The molecule has 4 aromatic rings. The Morgan fingerprint density at radius 1 is 0.412 bits per heavy atom. The molecule has 0 radical (unpaired) electrons. The number of rotatable bonds is 4. The highest BCUT2D eigenvalue weighted by molar-refractivity contribution is 5.96. The summed E-state index contributed by atoms with van der Waals surface area (Å²) in [5, 5.41) is 0. The highest BCUT2D eigenvalue weighted by Gasteiger charge is 2.25. The van der Waals surface area contributed by atoms with Gasteiger partial charge in [-0.3, -0.25) is 9.59 Å². The zero-order valence-corrected chi connectivity index (χ0v) is 18.9. The molecule has 4 aromatic carbocycles. The van der Waals surface area contributed by atoms with Gasteiger partial charge in [-0.2, -0.15) is 0 Å². The summed E-state index contributed by atoms with van der Waals surface area (Å²) in [5.74, 6) is 0.0258. The van der Waals surface area contributed by atoms with E-state index < -0.39 is 0 Å². The second kappa shape index (κ2) is 9.75. The quantitative estimate of drug-likeness (QED) is 0.408. The lowest BCUT2D eigenvalue weighted by Crippen LogP contribution is -2.50. The number of carbonyl (C=O) groups excluding carboxylic acids is 2. The average molecular weight is 447 g/mol. The number of nitrogens with zero attached hydrogens (tertiary/aromatic N) is 2. The van der Waals surface area contributed by atoms with Gasteiger partial charge in [0.1, 0.15) is 0 Å². The van der Waals surface area contributed by atoms with Crippen LogP contribution in [0.5, 0.6) is 0 Å². The number of piperazine rings is 1. The van der Waals surface area contributed by atoms with Crippen molar-refractivity contribution < 1.29 is 9.59 Å². The fourth-order valence-electron chi connectivity index (χ4n) is 4.35. The molecular formula is C30H26N2O2. The van der Waals surface area contributed by atoms with Gasteiger partial charge in [0.25, 0.3) is 11.8 Å². The molecule has 1 aliphatic heterocycles. The number of benzene rings is 4. The lowest BCUT2D eigenvalue weighted by atomic mass is 10.0. The molecule has 0 unspecified atom stereocenters. The maximum Gasteiger partial charge on any atom is 0.253 e. The van der Waals surface area contributed by atoms with Crippen molar-refractivity contribution in [2.24, 2.45) is 0 Å². The van der Waals surface area contributed by atoms with E-state index in [0.717, 1.165) is 22.3 Å². The third kappa shape index (κ3) is 4.62. The SMILES string of the molecule is O=C(c1ccc(-c2ccccc2)cc1)N1CCN(C(=O)c2ccc(-c3ccccc3)cc2)CC1. The molecule has 0 atom stereocenters. The first kappa shape index (κ1) is 21.7. The molecule has 0 saturated carbocycles. The monoisotopic (exact) mass is 446 g/mol. The second-order valence-electron chi connectivity index (χ2n) is 8.47. The zero-order chi connectivity index (χ0) is 23.3. The van der Waals surface area contributed by atoms with Gasteiger partial charge in [0.05, 0.1) is 0 Å². The summed E-state index contributed by atoms with van der Waals surface area (Å²) in [7, 11) is 0. The largest absolute Gasteiger partial charge is 0.335 e. The van der Waals surface area contributed by atoms with Gasteiger partial charge in [0.15, 0.2) is 0 Å². The Bertz CT molecular complexity index is 1160. The fraction of sp³-hybridized carbons (Fsp3) is 0.133. The Balaban J connectivity index is 1.19. The summed E-state index contributed by atoms with van der Waals surface area (Å²) in [4.78, 5) is 29.6. The first-order valence-corrected chi connectivity index (χ1v) is 11.6. The first-order chi connectivity index (χ1) is 16.7. The van der Waals surface area contributed by atoms with E-state index in [1.807, 2.05) is 94.7 Å². The summed E-state index contributed by atoms with van der Waals surface area (Å²) >= 11 is 0. The average Bonchev–Trinajstić information content (AvgIpc) is 2.93. The predicted octanol–water partition coefficient (Wildman–Crippen LogP) is 5.62. The molecule has 0 aromatic heterocycles. The van der Waals surface area contributed by atoms with Crippen LogP contribution in [0.4, 0.5) is 0 Å². The van der Waals surface area contributed by atoms with Crippen molar-refractivity contribution >= 4 is 11.8 Å². The highest BCUT2D eigenvalue weighted by Crippen LogP contribution is 2.22. The van der Waals surface area contributed by atoms with Crippen molar-refractivity contribution in [3.63, 3.8) is 0 Å². The minimum absolute atomic E-state index is 0.0129. The van der Waals surface area contributed by atoms with Gasteiger partial charge in [-0.1, -0.05) is 84.9 Å². The van der Waals surface area contributed by atoms with Crippen LogP contribution in [-0.2, 0) is 0 Å². The third-order valence-electron chi connectivity index (χ3n) is 6.33. The van der Waals surface area contributed by atoms with Crippen LogP contribution in [0.15, 0.2) is 109 Å². The Kier molecular flexibility index (Phi) is 6.21. The smallest absolute Gasteiger partial charge is 0.253 e. The molecule has 168 valence electrons. The molecule has 0 aliphatic carbocycles. The molecule has 34 heavy (non-hydrogen) atoms. The van der Waals surface area contributed by atoms with Crippen molar-refractivity contribution in [2.45, 2.75) is 0 Å². The van der Waals surface area contributed by atoms with Gasteiger partial charge in [-0.05, 0) is 46.5 Å². The predicted molar refractivity (Wildman–Crippen MR) is 136 cm³/mol. The second-order valence-corrected chi connectivity index (χ2v) is 8.47. The summed E-state index contributed by atoms with van der Waals surface area (Å²) < 4.78 is 0. The summed E-state index contributed by atoms with van der Waals surface area (Å²) in [6.45, 7) is 2.14. The van der Waals surface area contributed by atoms with E-state index in [9.17, 15) is 9.59 Å². The molecule has 5 rings (SSSR count). The maximum absolute atomic E-state index is 13.0. The summed E-state index contributed by atoms with van der Waals surface area (Å²) in [5.41, 5.74) is 5.79. The van der Waals surface area contributed by atoms with E-state index in [2.05, 4.69) is 24.3 Å². The molecule has 1 fully saturated rings. The number of hydrogen-bond donors (Lipinski definition) is 0. The molecule has 1 saturated heterocycles. The van der Waals surface area contributed by atoms with Gasteiger partial charge < -0.3 is 9.80 Å². The normalized spacial score (nSPS) is 13.5. The highest BCUT2D eigenvalue weighted by atomic mass is 16.2. The van der Waals surface area contributed by atoms with Gasteiger partial charge in [-0.15, -0.1) is 0 Å². The van der Waals surface area contributed by atoms with Crippen molar-refractivity contribution in [1.82, 2.24) is 9.80 Å². The lowest BCUT2D eigenvalue weighted by Gasteiger charge is -2.35. The van der Waals surface area contributed by atoms with Crippen LogP contribution >= 0.6 is 0 Å². The Hall–Kier alpha value is -4.18. The Morgan fingerprint density at radius 3 is 1.03 bits per heavy atom. The van der Waals surface area contributed by atoms with Crippen molar-refractivity contribution in [3.8, 4) is 22.3 Å². The molecule has 2 amide bonds. The van der Waals surface area contributed by atoms with Gasteiger partial charge >= 0.3 is 0 Å². The molecule has 4 heteroatoms. The van der Waals surface area contributed by atoms with E-state index in [1.54, 1.807) is 0 Å². The fourth-order valence-corrected chi connectivity index (χ4v) is 4.35. The van der Waals surface area contributed by atoms with Crippen LogP contribution in [0.2, 0.25) is 0 Å². The van der Waals surface area contributed by atoms with Crippen LogP contribution in [-0.4, -0.2) is 47.8 Å². The van der Waals surface area contributed by atoms with Crippen LogP contribution < -0.4 is 0 Å². The first-order valence-electron chi connectivity index (χ1n) is 11.6. The standard InChI is InChI=1S/C30H26N2O2/c33-29(27-15-11-25(12-16-27)23-7-3-1-4-8-23)31-19-21-32(22-20-31)30(34)28-17-13-26(14-18-28)24-9-5-2-6-10-24/h1-18H,19-22H2. The molecular weight excluding hydrogens is 420 g/mol. The summed E-state index contributed by atoms with van der Waals surface area (Å²) in [6.07, 6.45) is 0. The van der Waals surface area contributed by atoms with Crippen LogP contribution in [0.25, 0.3) is 22.3 Å². The van der Waals surface area contributed by atoms with Gasteiger partial charge in [-0.25, -0.2) is 0 Å². The van der Waals surface area contributed by atoms with E-state index in [4.69, 9.17) is 0 Å². The Morgan fingerprint density at radius 2 is 0.706 bits per heavy atom. The van der Waals surface area contributed by atoms with E-state index in [-0.39, 0.29) is 11.8 Å². The van der Waals surface area contributed by atoms with Crippen LogP contribution in [0.3, 0.4) is 0 Å². The van der Waals surface area contributed by atoms with Crippen LogP contribution in [0.1, 0.15) is 20.7 Å². The van der Waals surface area contributed by atoms with E-state index in [0.29, 0.717) is 37.3 Å². The van der Waals surface area contributed by atoms with E-state index in [1.165, 1.54) is 0 Å². The van der Waals surface area contributed by atoms with Crippen molar-refractivity contribution in [2.75, 3.05) is 26.2 Å². The van der Waals surface area contributed by atoms with Gasteiger partial charge in [0.2, 0.25) is 0 Å².